The number of likely N-dealkylation sites (tertiary alicyclic amines) is 1. The first kappa shape index (κ1) is 19.4. The predicted octanol–water partition coefficient (Wildman–Crippen LogP) is 2.34. The number of aryl methyl sites for hydroxylation is 1. The molecule has 3 heterocycles. The molecule has 2 fully saturated rings. The number of furan rings is 1. The van der Waals surface area contributed by atoms with Crippen LogP contribution in [-0.4, -0.2) is 66.0 Å². The number of amides is 1. The van der Waals surface area contributed by atoms with Gasteiger partial charge in [0.2, 0.25) is 0 Å². The Bertz CT molecular complexity index is 911. The molecule has 1 N–H and O–H groups in total. The largest absolute Gasteiger partial charge is 0.507 e. The molecule has 0 aliphatic carbocycles. The van der Waals surface area contributed by atoms with Crippen LogP contribution in [0.2, 0.25) is 0 Å². The van der Waals surface area contributed by atoms with Gasteiger partial charge in [0.1, 0.15) is 17.6 Å². The fraction of sp³-hybridized carbons (Fsp3) is 0.364. The van der Waals surface area contributed by atoms with E-state index in [-0.39, 0.29) is 11.3 Å². The molecular formula is C22H24N2O5. The molecule has 2 saturated heterocycles. The number of benzene rings is 1. The van der Waals surface area contributed by atoms with Crippen molar-refractivity contribution < 1.29 is 23.8 Å². The van der Waals surface area contributed by atoms with Gasteiger partial charge in [-0.15, -0.1) is 0 Å². The van der Waals surface area contributed by atoms with E-state index in [4.69, 9.17) is 9.15 Å². The molecule has 7 heteroatoms. The second-order valence-corrected chi connectivity index (χ2v) is 7.33. The number of ketones is 1. The van der Waals surface area contributed by atoms with Gasteiger partial charge in [-0.3, -0.25) is 14.5 Å². The highest BCUT2D eigenvalue weighted by Crippen LogP contribution is 2.39. The third-order valence-electron chi connectivity index (χ3n) is 5.44. The Morgan fingerprint density at radius 2 is 1.83 bits per heavy atom. The average Bonchev–Trinajstić information content (AvgIpc) is 3.35. The summed E-state index contributed by atoms with van der Waals surface area (Å²) in [4.78, 5) is 29.4. The van der Waals surface area contributed by atoms with E-state index in [1.54, 1.807) is 24.3 Å². The highest BCUT2D eigenvalue weighted by Gasteiger charge is 2.47. The smallest absolute Gasteiger partial charge is 0.295 e. The molecule has 0 saturated carbocycles. The van der Waals surface area contributed by atoms with Crippen molar-refractivity contribution in [3.8, 4) is 0 Å². The van der Waals surface area contributed by atoms with E-state index >= 15 is 0 Å². The van der Waals surface area contributed by atoms with Crippen LogP contribution in [0.15, 0.2) is 52.7 Å². The molecule has 29 heavy (non-hydrogen) atoms. The second kappa shape index (κ2) is 8.23. The Balaban J connectivity index is 1.68. The molecule has 2 aliphatic rings. The van der Waals surface area contributed by atoms with Gasteiger partial charge >= 0.3 is 0 Å². The summed E-state index contributed by atoms with van der Waals surface area (Å²) in [7, 11) is 0. The summed E-state index contributed by atoms with van der Waals surface area (Å²) in [5.74, 6) is -1.03. The summed E-state index contributed by atoms with van der Waals surface area (Å²) < 4.78 is 10.9. The minimum atomic E-state index is -0.743. The lowest BCUT2D eigenvalue weighted by molar-refractivity contribution is -0.140. The molecule has 1 amide bonds. The van der Waals surface area contributed by atoms with Crippen LogP contribution in [0.5, 0.6) is 0 Å². The number of carbonyl (C=O) groups is 2. The van der Waals surface area contributed by atoms with Gasteiger partial charge in [-0.25, -0.2) is 0 Å². The molecule has 0 spiro atoms. The number of rotatable bonds is 5. The van der Waals surface area contributed by atoms with E-state index < -0.39 is 17.7 Å². The number of aliphatic hydroxyl groups excluding tert-OH is 1. The molecule has 0 bridgehead atoms. The van der Waals surface area contributed by atoms with E-state index in [2.05, 4.69) is 4.90 Å². The fourth-order valence-electron chi connectivity index (χ4n) is 3.79. The van der Waals surface area contributed by atoms with Crippen LogP contribution in [0, 0.1) is 6.92 Å². The first-order valence-corrected chi connectivity index (χ1v) is 9.75. The van der Waals surface area contributed by atoms with Crippen LogP contribution in [-0.2, 0) is 14.3 Å². The Hall–Kier alpha value is -2.90. The van der Waals surface area contributed by atoms with E-state index in [0.29, 0.717) is 37.6 Å². The predicted molar refractivity (Wildman–Crippen MR) is 106 cm³/mol. The minimum absolute atomic E-state index is 0.0655. The third-order valence-corrected chi connectivity index (χ3v) is 5.44. The van der Waals surface area contributed by atoms with E-state index in [0.717, 1.165) is 18.7 Å². The zero-order valence-electron chi connectivity index (χ0n) is 16.3. The Kier molecular flexibility index (Phi) is 5.51. The van der Waals surface area contributed by atoms with Crippen molar-refractivity contribution in [2.75, 3.05) is 39.4 Å². The molecule has 4 rings (SSSR count). The maximum atomic E-state index is 12.9. The first-order valence-electron chi connectivity index (χ1n) is 9.75. The molecule has 2 aromatic rings. The highest BCUT2D eigenvalue weighted by molar-refractivity contribution is 6.46. The van der Waals surface area contributed by atoms with Crippen molar-refractivity contribution >= 4 is 17.4 Å². The molecule has 7 nitrogen and oxygen atoms in total. The standard InChI is InChI=1S/C22H24N2O5/c1-15-4-6-16(7-5-15)20(25)18-19(17-3-2-12-29-17)24(22(27)21(18)26)9-8-23-10-13-28-14-11-23/h2-7,12,19,25H,8-11,13-14H2,1H3/b20-18+/t19-/m0/s1. The van der Waals surface area contributed by atoms with E-state index in [9.17, 15) is 14.7 Å². The van der Waals surface area contributed by atoms with E-state index in [1.807, 2.05) is 19.1 Å². The molecule has 1 atom stereocenters. The molecule has 1 aromatic carbocycles. The van der Waals surface area contributed by atoms with Gasteiger partial charge in [0.05, 0.1) is 25.1 Å². The molecule has 2 aliphatic heterocycles. The lowest BCUT2D eigenvalue weighted by Gasteiger charge is -2.30. The summed E-state index contributed by atoms with van der Waals surface area (Å²) in [6, 6.07) is 9.88. The minimum Gasteiger partial charge on any atom is -0.507 e. The maximum absolute atomic E-state index is 12.9. The number of ether oxygens (including phenoxy) is 1. The van der Waals surface area contributed by atoms with Crippen molar-refractivity contribution in [2.24, 2.45) is 0 Å². The van der Waals surface area contributed by atoms with Gasteiger partial charge in [0.25, 0.3) is 11.7 Å². The van der Waals surface area contributed by atoms with Crippen LogP contribution in [0.3, 0.4) is 0 Å². The van der Waals surface area contributed by atoms with Gasteiger partial charge in [0.15, 0.2) is 0 Å². The van der Waals surface area contributed by atoms with Crippen molar-refractivity contribution in [1.82, 2.24) is 9.80 Å². The SMILES string of the molecule is Cc1ccc(/C(O)=C2\C(=O)C(=O)N(CCN3CCOCC3)[C@H]2c2ccco2)cc1. The number of hydrogen-bond donors (Lipinski definition) is 1. The van der Waals surface area contributed by atoms with Gasteiger partial charge in [-0.2, -0.15) is 0 Å². The van der Waals surface area contributed by atoms with Gasteiger partial charge in [0, 0.05) is 31.7 Å². The van der Waals surface area contributed by atoms with Gasteiger partial charge in [-0.1, -0.05) is 29.8 Å². The maximum Gasteiger partial charge on any atom is 0.295 e. The van der Waals surface area contributed by atoms with Crippen LogP contribution in [0.25, 0.3) is 5.76 Å². The Labute approximate surface area is 169 Å². The van der Waals surface area contributed by atoms with Crippen molar-refractivity contribution in [2.45, 2.75) is 13.0 Å². The second-order valence-electron chi connectivity index (χ2n) is 7.33. The average molecular weight is 396 g/mol. The lowest BCUT2D eigenvalue weighted by Crippen LogP contribution is -2.42. The van der Waals surface area contributed by atoms with Gasteiger partial charge < -0.3 is 19.2 Å². The zero-order valence-corrected chi connectivity index (χ0v) is 16.3. The summed E-state index contributed by atoms with van der Waals surface area (Å²) >= 11 is 0. The lowest BCUT2D eigenvalue weighted by atomic mass is 9.99. The van der Waals surface area contributed by atoms with Crippen molar-refractivity contribution in [3.05, 3.63) is 65.1 Å². The molecule has 1 aromatic heterocycles. The van der Waals surface area contributed by atoms with E-state index in [1.165, 1.54) is 11.2 Å². The molecular weight excluding hydrogens is 372 g/mol. The number of Topliss-reactive ketones (excluding diaryl/α,β-unsaturated/α-hetero) is 1. The zero-order chi connectivity index (χ0) is 20.4. The topological polar surface area (TPSA) is 83.2 Å². The third kappa shape index (κ3) is 3.83. The first-order chi connectivity index (χ1) is 14.1. The molecule has 152 valence electrons. The number of nitrogens with zero attached hydrogens (tertiary/aromatic N) is 2. The molecule has 0 radical (unpaired) electrons. The van der Waals surface area contributed by atoms with Crippen LogP contribution < -0.4 is 0 Å². The van der Waals surface area contributed by atoms with Crippen LogP contribution >= 0.6 is 0 Å². The van der Waals surface area contributed by atoms with Crippen LogP contribution in [0.1, 0.15) is 22.9 Å². The number of hydrogen-bond acceptors (Lipinski definition) is 6. The summed E-state index contributed by atoms with van der Waals surface area (Å²) in [5, 5.41) is 10.9. The number of aliphatic hydroxyl groups is 1. The van der Waals surface area contributed by atoms with Crippen molar-refractivity contribution in [3.63, 3.8) is 0 Å². The van der Waals surface area contributed by atoms with Gasteiger partial charge in [-0.05, 0) is 19.1 Å². The Morgan fingerprint density at radius 3 is 2.48 bits per heavy atom. The summed E-state index contributed by atoms with van der Waals surface area (Å²) in [6.45, 7) is 5.83. The monoisotopic (exact) mass is 396 g/mol. The van der Waals surface area contributed by atoms with Crippen molar-refractivity contribution in [1.29, 1.82) is 0 Å². The Morgan fingerprint density at radius 1 is 1.10 bits per heavy atom. The van der Waals surface area contributed by atoms with Crippen LogP contribution in [0.4, 0.5) is 0 Å². The quantitative estimate of drug-likeness (QED) is 0.475. The summed E-state index contributed by atoms with van der Waals surface area (Å²) in [6.07, 6.45) is 1.50. The molecule has 0 unspecified atom stereocenters. The normalized spacial score (nSPS) is 22.4. The number of carbonyl (C=O) groups excluding carboxylic acids is 2. The summed E-state index contributed by atoms with van der Waals surface area (Å²) in [5.41, 5.74) is 1.60. The fourth-order valence-corrected chi connectivity index (χ4v) is 3.79. The highest BCUT2D eigenvalue weighted by atomic mass is 16.5. The number of morpholine rings is 1.